The van der Waals surface area contributed by atoms with Crippen LogP contribution in [0.4, 0.5) is 10.1 Å². The van der Waals surface area contributed by atoms with Gasteiger partial charge in [0.05, 0.1) is 0 Å². The van der Waals surface area contributed by atoms with Gasteiger partial charge in [-0.15, -0.1) is 0 Å². The van der Waals surface area contributed by atoms with E-state index in [2.05, 4.69) is 20.8 Å². The Morgan fingerprint density at radius 2 is 1.86 bits per heavy atom. The highest BCUT2D eigenvalue weighted by Gasteiger charge is 2.29. The highest BCUT2D eigenvalue weighted by molar-refractivity contribution is 5.98. The minimum atomic E-state index is -0.627. The molecule has 0 saturated carbocycles. The van der Waals surface area contributed by atoms with Crippen LogP contribution in [-0.2, 0) is 11.2 Å². The second-order valence-electron chi connectivity index (χ2n) is 8.15. The van der Waals surface area contributed by atoms with E-state index in [4.69, 9.17) is 9.26 Å². The average Bonchev–Trinajstić information content (AvgIpc) is 3.52. The number of hydrogen-bond donors (Lipinski definition) is 2. The van der Waals surface area contributed by atoms with Crippen LogP contribution in [-0.4, -0.2) is 28.1 Å². The number of amides is 2. The summed E-state index contributed by atoms with van der Waals surface area (Å²) < 4.78 is 24.1. The Balaban J connectivity index is 1.21. The first kappa shape index (κ1) is 22.3. The molecule has 9 heteroatoms. The number of anilines is 1. The van der Waals surface area contributed by atoms with Crippen molar-refractivity contribution in [3.05, 3.63) is 95.6 Å². The fourth-order valence-electron chi connectivity index (χ4n) is 3.76. The smallest absolute Gasteiger partial charge is 0.265 e. The molecule has 0 bridgehead atoms. The van der Waals surface area contributed by atoms with Crippen molar-refractivity contribution in [2.75, 3.05) is 5.32 Å². The van der Waals surface area contributed by atoms with Gasteiger partial charge in [0.2, 0.25) is 11.7 Å². The van der Waals surface area contributed by atoms with Gasteiger partial charge in [0.25, 0.3) is 11.8 Å². The Morgan fingerprint density at radius 1 is 1.06 bits per heavy atom. The lowest BCUT2D eigenvalue weighted by Gasteiger charge is -2.13. The highest BCUT2D eigenvalue weighted by Crippen LogP contribution is 2.28. The normalized spacial score (nSPS) is 15.1. The Hall–Kier alpha value is -4.53. The molecule has 1 aliphatic heterocycles. The maximum Gasteiger partial charge on any atom is 0.265 e. The lowest BCUT2D eigenvalue weighted by molar-refractivity contribution is -0.122. The topological polar surface area (TPSA) is 106 Å². The molecule has 2 amide bonds. The molecule has 1 aromatic heterocycles. The summed E-state index contributed by atoms with van der Waals surface area (Å²) in [6.07, 6.45) is -0.137. The van der Waals surface area contributed by atoms with Crippen molar-refractivity contribution in [1.29, 1.82) is 0 Å². The van der Waals surface area contributed by atoms with Crippen molar-refractivity contribution in [2.45, 2.75) is 25.5 Å². The van der Waals surface area contributed by atoms with E-state index in [9.17, 15) is 14.0 Å². The number of fused-ring (bicyclic) bond motifs is 1. The zero-order valence-electron chi connectivity index (χ0n) is 18.7. The number of hydrogen-bond acceptors (Lipinski definition) is 6. The first-order valence-electron chi connectivity index (χ1n) is 11.0. The Labute approximate surface area is 200 Å². The lowest BCUT2D eigenvalue weighted by Crippen LogP contribution is -2.31. The molecule has 3 aromatic carbocycles. The van der Waals surface area contributed by atoms with Gasteiger partial charge in [0, 0.05) is 23.2 Å². The van der Waals surface area contributed by atoms with Crippen LogP contribution < -0.4 is 15.4 Å². The number of carbonyl (C=O) groups excluding carboxylic acids is 2. The summed E-state index contributed by atoms with van der Waals surface area (Å²) >= 11 is 0. The van der Waals surface area contributed by atoms with Crippen LogP contribution in [0.2, 0.25) is 0 Å². The van der Waals surface area contributed by atoms with Gasteiger partial charge in [0.1, 0.15) is 17.6 Å². The maximum atomic E-state index is 13.1. The van der Waals surface area contributed by atoms with Crippen LogP contribution in [0.15, 0.2) is 77.3 Å². The Kier molecular flexibility index (Phi) is 5.97. The Morgan fingerprint density at radius 3 is 2.66 bits per heavy atom. The summed E-state index contributed by atoms with van der Waals surface area (Å²) in [6.45, 7) is 1.71. The summed E-state index contributed by atoms with van der Waals surface area (Å²) in [5.41, 5.74) is 2.41. The van der Waals surface area contributed by atoms with Crippen molar-refractivity contribution in [3.63, 3.8) is 0 Å². The summed E-state index contributed by atoms with van der Waals surface area (Å²) in [4.78, 5) is 29.8. The number of nitrogens with zero attached hydrogens (tertiary/aromatic N) is 2. The van der Waals surface area contributed by atoms with Crippen LogP contribution in [0.25, 0.3) is 11.4 Å². The Bertz CT molecular complexity index is 1360. The molecule has 1 aliphatic rings. The monoisotopic (exact) mass is 472 g/mol. The van der Waals surface area contributed by atoms with Gasteiger partial charge in [0.15, 0.2) is 6.10 Å². The van der Waals surface area contributed by atoms with E-state index in [0.29, 0.717) is 34.8 Å². The minimum absolute atomic E-state index is 0.208. The number of benzene rings is 3. The SMILES string of the molecule is CC(NC(=O)c1cccc(NC(=O)C2Cc3ccccc3O2)c1)c1nc(-c2ccc(F)cc2)no1. The van der Waals surface area contributed by atoms with Crippen molar-refractivity contribution >= 4 is 17.5 Å². The van der Waals surface area contributed by atoms with Crippen LogP contribution >= 0.6 is 0 Å². The lowest BCUT2D eigenvalue weighted by atomic mass is 10.1. The fourth-order valence-corrected chi connectivity index (χ4v) is 3.76. The van der Waals surface area contributed by atoms with Crippen LogP contribution in [0.5, 0.6) is 5.75 Å². The molecule has 0 aliphatic carbocycles. The summed E-state index contributed by atoms with van der Waals surface area (Å²) in [5, 5.41) is 9.51. The van der Waals surface area contributed by atoms with Crippen molar-refractivity contribution < 1.29 is 23.2 Å². The maximum absolute atomic E-state index is 13.1. The van der Waals surface area contributed by atoms with Gasteiger partial charge in [-0.3, -0.25) is 9.59 Å². The molecule has 0 spiro atoms. The first-order valence-corrected chi connectivity index (χ1v) is 11.0. The second kappa shape index (κ2) is 9.38. The first-order chi connectivity index (χ1) is 17.0. The molecule has 2 heterocycles. The third kappa shape index (κ3) is 4.89. The number of aromatic nitrogens is 2. The van der Waals surface area contributed by atoms with E-state index in [1.54, 1.807) is 43.3 Å². The highest BCUT2D eigenvalue weighted by atomic mass is 19.1. The molecule has 35 heavy (non-hydrogen) atoms. The van der Waals surface area contributed by atoms with Gasteiger partial charge < -0.3 is 19.9 Å². The second-order valence-corrected chi connectivity index (χ2v) is 8.15. The van der Waals surface area contributed by atoms with Gasteiger partial charge in [-0.25, -0.2) is 4.39 Å². The van der Waals surface area contributed by atoms with Crippen LogP contribution in [0.3, 0.4) is 0 Å². The fraction of sp³-hybridized carbons (Fsp3) is 0.154. The summed E-state index contributed by atoms with van der Waals surface area (Å²) in [6, 6.07) is 19.3. The molecule has 2 unspecified atom stereocenters. The van der Waals surface area contributed by atoms with E-state index in [-0.39, 0.29) is 23.5 Å². The zero-order valence-corrected chi connectivity index (χ0v) is 18.7. The third-order valence-electron chi connectivity index (χ3n) is 5.59. The molecule has 5 rings (SSSR count). The van der Waals surface area contributed by atoms with E-state index in [1.807, 2.05) is 24.3 Å². The van der Waals surface area contributed by atoms with E-state index >= 15 is 0 Å². The number of para-hydroxylation sites is 1. The standard InChI is InChI=1S/C26H21FN4O4/c1-15(26-30-23(31-35-26)16-9-11-19(27)12-10-16)28-24(32)18-6-4-7-20(13-18)29-25(33)22-14-17-5-2-3-8-21(17)34-22/h2-13,15,22H,14H2,1H3,(H,28,32)(H,29,33). The summed E-state index contributed by atoms with van der Waals surface area (Å²) in [5.74, 6) is 0.184. The van der Waals surface area contributed by atoms with Gasteiger partial charge in [-0.2, -0.15) is 4.98 Å². The zero-order chi connectivity index (χ0) is 24.4. The molecule has 2 atom stereocenters. The van der Waals surface area contributed by atoms with Crippen molar-refractivity contribution in [2.24, 2.45) is 0 Å². The van der Waals surface area contributed by atoms with Crippen molar-refractivity contribution in [3.8, 4) is 17.1 Å². The van der Waals surface area contributed by atoms with Crippen LogP contribution in [0, 0.1) is 5.82 Å². The van der Waals surface area contributed by atoms with E-state index in [0.717, 1.165) is 5.56 Å². The number of ether oxygens (including phenoxy) is 1. The van der Waals surface area contributed by atoms with Crippen molar-refractivity contribution in [1.82, 2.24) is 15.5 Å². The average molecular weight is 472 g/mol. The number of halogens is 1. The number of carbonyl (C=O) groups is 2. The molecule has 0 saturated heterocycles. The predicted molar refractivity (Wildman–Crippen MR) is 125 cm³/mol. The van der Waals surface area contributed by atoms with Gasteiger partial charge >= 0.3 is 0 Å². The van der Waals surface area contributed by atoms with E-state index in [1.165, 1.54) is 12.1 Å². The molecular weight excluding hydrogens is 451 g/mol. The minimum Gasteiger partial charge on any atom is -0.480 e. The predicted octanol–water partition coefficient (Wildman–Crippen LogP) is 4.31. The molecule has 0 fully saturated rings. The van der Waals surface area contributed by atoms with Crippen LogP contribution in [0.1, 0.15) is 34.8 Å². The van der Waals surface area contributed by atoms with Gasteiger partial charge in [-0.1, -0.05) is 29.4 Å². The third-order valence-corrected chi connectivity index (χ3v) is 5.59. The molecule has 8 nitrogen and oxygen atoms in total. The quantitative estimate of drug-likeness (QED) is 0.433. The van der Waals surface area contributed by atoms with E-state index < -0.39 is 12.1 Å². The summed E-state index contributed by atoms with van der Waals surface area (Å²) in [7, 11) is 0. The molecule has 0 radical (unpaired) electrons. The molecular formula is C26H21FN4O4. The molecule has 2 N–H and O–H groups in total. The number of rotatable bonds is 6. The molecule has 4 aromatic rings. The number of nitrogens with one attached hydrogen (secondary N) is 2. The van der Waals surface area contributed by atoms with Gasteiger partial charge in [-0.05, 0) is 61.0 Å². The largest absolute Gasteiger partial charge is 0.480 e. The molecule has 176 valence electrons.